The van der Waals surface area contributed by atoms with Crippen molar-refractivity contribution in [3.05, 3.63) is 12.0 Å². The molecular formula is C12H22O. The second-order valence-corrected chi connectivity index (χ2v) is 4.40. The molecule has 0 amide bonds. The van der Waals surface area contributed by atoms with Crippen molar-refractivity contribution in [1.82, 2.24) is 0 Å². The fourth-order valence-electron chi connectivity index (χ4n) is 1.54. The maximum absolute atomic E-state index is 4.96. The fourth-order valence-corrected chi connectivity index (χ4v) is 1.54. The van der Waals surface area contributed by atoms with E-state index in [1.807, 2.05) is 6.26 Å². The summed E-state index contributed by atoms with van der Waals surface area (Å²) in [5, 5.41) is 0. The molecule has 0 atom stereocenters. The van der Waals surface area contributed by atoms with Crippen molar-refractivity contribution in [2.45, 2.75) is 58.8 Å². The molecule has 1 heteroatoms. The van der Waals surface area contributed by atoms with E-state index in [9.17, 15) is 0 Å². The van der Waals surface area contributed by atoms with Gasteiger partial charge in [0.25, 0.3) is 0 Å². The van der Waals surface area contributed by atoms with Crippen LogP contribution in [0.2, 0.25) is 0 Å². The Balaban J connectivity index is 1.70. The Morgan fingerprint density at radius 2 is 1.69 bits per heavy atom. The van der Waals surface area contributed by atoms with Crippen molar-refractivity contribution in [2.75, 3.05) is 0 Å². The van der Waals surface area contributed by atoms with Gasteiger partial charge < -0.3 is 4.74 Å². The average molecular weight is 182 g/mol. The highest BCUT2D eigenvalue weighted by molar-refractivity contribution is 5.01. The third-order valence-electron chi connectivity index (χ3n) is 2.49. The number of unbranched alkanes of at least 4 members (excludes halogenated alkanes) is 4. The van der Waals surface area contributed by atoms with Gasteiger partial charge in [0.1, 0.15) is 12.0 Å². The molecule has 1 heterocycles. The summed E-state index contributed by atoms with van der Waals surface area (Å²) in [6, 6.07) is 0. The Morgan fingerprint density at radius 1 is 1.08 bits per heavy atom. The van der Waals surface area contributed by atoms with Crippen LogP contribution in [0.4, 0.5) is 0 Å². The van der Waals surface area contributed by atoms with Crippen LogP contribution in [0, 0.1) is 5.92 Å². The summed E-state index contributed by atoms with van der Waals surface area (Å²) in [5.41, 5.74) is 0. The fraction of sp³-hybridized carbons (Fsp3) is 0.833. The molecule has 0 aromatic rings. The average Bonchev–Trinajstić information content (AvgIpc) is 2.86. The molecule has 0 radical (unpaired) electrons. The predicted octanol–water partition coefficient (Wildman–Crippen LogP) is 4.24. The summed E-state index contributed by atoms with van der Waals surface area (Å²) >= 11 is 0. The molecule has 0 spiro atoms. The van der Waals surface area contributed by atoms with Gasteiger partial charge in [0, 0.05) is 6.42 Å². The van der Waals surface area contributed by atoms with Crippen LogP contribution in [-0.2, 0) is 4.74 Å². The molecule has 0 saturated heterocycles. The monoisotopic (exact) mass is 182 g/mol. The quantitative estimate of drug-likeness (QED) is 0.511. The van der Waals surface area contributed by atoms with E-state index in [1.165, 1.54) is 50.7 Å². The van der Waals surface area contributed by atoms with Gasteiger partial charge in [-0.15, -0.1) is 0 Å². The largest absolute Gasteiger partial charge is 0.463 e. The highest BCUT2D eigenvalue weighted by Gasteiger charge is 2.07. The van der Waals surface area contributed by atoms with Gasteiger partial charge >= 0.3 is 0 Å². The van der Waals surface area contributed by atoms with E-state index < -0.39 is 0 Å². The molecule has 1 aliphatic heterocycles. The van der Waals surface area contributed by atoms with Crippen LogP contribution in [-0.4, -0.2) is 0 Å². The molecule has 0 saturated carbocycles. The highest BCUT2D eigenvalue weighted by Crippen LogP contribution is 2.21. The number of hydrogen-bond donors (Lipinski definition) is 0. The molecule has 1 rings (SSSR count). The lowest BCUT2D eigenvalue weighted by Crippen LogP contribution is -1.87. The van der Waals surface area contributed by atoms with E-state index in [-0.39, 0.29) is 0 Å². The number of allylic oxidation sites excluding steroid dienone is 1. The molecule has 0 bridgehead atoms. The Morgan fingerprint density at radius 3 is 2.31 bits per heavy atom. The lowest BCUT2D eigenvalue weighted by molar-refractivity contribution is 0.467. The molecule has 13 heavy (non-hydrogen) atoms. The summed E-state index contributed by atoms with van der Waals surface area (Å²) in [6.45, 7) is 4.60. The topological polar surface area (TPSA) is 12.5 Å². The SMILES string of the molecule is CC(C)CCCCCCCC1=CO1. The molecule has 0 unspecified atom stereocenters. The van der Waals surface area contributed by atoms with Crippen LogP contribution in [0.25, 0.3) is 0 Å². The van der Waals surface area contributed by atoms with Gasteiger partial charge in [-0.05, 0) is 12.3 Å². The van der Waals surface area contributed by atoms with Crippen molar-refractivity contribution in [3.8, 4) is 0 Å². The Kier molecular flexibility index (Phi) is 4.95. The van der Waals surface area contributed by atoms with Gasteiger partial charge in [-0.2, -0.15) is 0 Å². The number of ether oxygens (including phenoxy) is 1. The van der Waals surface area contributed by atoms with E-state index in [1.54, 1.807) is 0 Å². The maximum atomic E-state index is 4.96. The zero-order valence-corrected chi connectivity index (χ0v) is 9.01. The number of rotatable bonds is 8. The van der Waals surface area contributed by atoms with Crippen molar-refractivity contribution in [3.63, 3.8) is 0 Å². The zero-order chi connectivity index (χ0) is 9.52. The standard InChI is InChI=1S/C12H22O/c1-11(2)8-6-4-3-5-7-9-12-10-13-12/h10-11H,3-9H2,1-2H3. The lowest BCUT2D eigenvalue weighted by atomic mass is 10.0. The summed E-state index contributed by atoms with van der Waals surface area (Å²) in [6.07, 6.45) is 11.3. The third kappa shape index (κ3) is 6.68. The summed E-state index contributed by atoms with van der Waals surface area (Å²) in [7, 11) is 0. The molecule has 76 valence electrons. The van der Waals surface area contributed by atoms with Gasteiger partial charge in [-0.1, -0.05) is 46.0 Å². The molecule has 1 aliphatic rings. The van der Waals surface area contributed by atoms with Crippen molar-refractivity contribution in [2.24, 2.45) is 5.92 Å². The minimum atomic E-state index is 0.880. The van der Waals surface area contributed by atoms with Crippen molar-refractivity contribution >= 4 is 0 Å². The van der Waals surface area contributed by atoms with Crippen LogP contribution in [0.1, 0.15) is 58.8 Å². The second kappa shape index (κ2) is 6.06. The first-order chi connectivity index (χ1) is 6.29. The van der Waals surface area contributed by atoms with E-state index in [4.69, 9.17) is 4.74 Å². The van der Waals surface area contributed by atoms with Crippen LogP contribution < -0.4 is 0 Å². The lowest BCUT2D eigenvalue weighted by Gasteiger charge is -2.03. The van der Waals surface area contributed by atoms with Gasteiger partial charge in [0.2, 0.25) is 0 Å². The smallest absolute Gasteiger partial charge is 0.138 e. The molecule has 0 fully saturated rings. The van der Waals surface area contributed by atoms with E-state index in [0.29, 0.717) is 0 Å². The van der Waals surface area contributed by atoms with E-state index in [0.717, 1.165) is 5.92 Å². The third-order valence-corrected chi connectivity index (χ3v) is 2.49. The van der Waals surface area contributed by atoms with Crippen LogP contribution in [0.5, 0.6) is 0 Å². The zero-order valence-electron chi connectivity index (χ0n) is 9.01. The van der Waals surface area contributed by atoms with Gasteiger partial charge in [-0.25, -0.2) is 0 Å². The summed E-state index contributed by atoms with van der Waals surface area (Å²) < 4.78 is 4.96. The Hall–Kier alpha value is -0.460. The second-order valence-electron chi connectivity index (χ2n) is 4.40. The minimum absolute atomic E-state index is 0.880. The minimum Gasteiger partial charge on any atom is -0.463 e. The summed E-state index contributed by atoms with van der Waals surface area (Å²) in [5.74, 6) is 2.09. The molecule has 0 aromatic heterocycles. The molecule has 0 N–H and O–H groups in total. The van der Waals surface area contributed by atoms with Gasteiger partial charge in [0.15, 0.2) is 0 Å². The van der Waals surface area contributed by atoms with Crippen LogP contribution in [0.3, 0.4) is 0 Å². The predicted molar refractivity (Wildman–Crippen MR) is 56.3 cm³/mol. The Bertz CT molecular complexity index is 159. The maximum Gasteiger partial charge on any atom is 0.138 e. The van der Waals surface area contributed by atoms with Gasteiger partial charge in [0.05, 0.1) is 0 Å². The first-order valence-electron chi connectivity index (χ1n) is 5.65. The van der Waals surface area contributed by atoms with Crippen molar-refractivity contribution < 1.29 is 4.74 Å². The Labute approximate surface area is 82.2 Å². The van der Waals surface area contributed by atoms with E-state index >= 15 is 0 Å². The number of hydrogen-bond acceptors (Lipinski definition) is 1. The molecule has 0 aliphatic carbocycles. The molecule has 0 aromatic carbocycles. The van der Waals surface area contributed by atoms with E-state index in [2.05, 4.69) is 13.8 Å². The first kappa shape index (κ1) is 10.6. The van der Waals surface area contributed by atoms with Crippen molar-refractivity contribution in [1.29, 1.82) is 0 Å². The molecular weight excluding hydrogens is 160 g/mol. The normalized spacial score (nSPS) is 14.2. The van der Waals surface area contributed by atoms with Crippen LogP contribution >= 0.6 is 0 Å². The van der Waals surface area contributed by atoms with Crippen LogP contribution in [0.15, 0.2) is 12.0 Å². The first-order valence-corrected chi connectivity index (χ1v) is 5.65. The van der Waals surface area contributed by atoms with Gasteiger partial charge in [-0.3, -0.25) is 0 Å². The molecule has 1 nitrogen and oxygen atoms in total. The highest BCUT2D eigenvalue weighted by atomic mass is 16.5. The summed E-state index contributed by atoms with van der Waals surface area (Å²) in [4.78, 5) is 0.